The molecule has 0 bridgehead atoms. The molecule has 0 aliphatic carbocycles. The van der Waals surface area contributed by atoms with Crippen molar-refractivity contribution in [2.75, 3.05) is 5.32 Å². The highest BCUT2D eigenvalue weighted by Crippen LogP contribution is 2.21. The quantitative estimate of drug-likeness (QED) is 0.744. The van der Waals surface area contributed by atoms with Gasteiger partial charge in [-0.1, -0.05) is 26.0 Å². The Kier molecular flexibility index (Phi) is 4.66. The lowest BCUT2D eigenvalue weighted by atomic mass is 9.94. The monoisotopic (exact) mass is 236 g/mol. The number of amides is 1. The van der Waals surface area contributed by atoms with Crippen molar-refractivity contribution in [3.05, 3.63) is 29.8 Å². The topological polar surface area (TPSA) is 75.3 Å². The van der Waals surface area contributed by atoms with Crippen LogP contribution in [0.5, 0.6) is 0 Å². The van der Waals surface area contributed by atoms with Crippen LogP contribution in [0.25, 0.3) is 0 Å². The van der Waals surface area contributed by atoms with Gasteiger partial charge in [-0.15, -0.1) is 0 Å². The molecule has 0 aromatic heterocycles. The van der Waals surface area contributed by atoms with E-state index < -0.39 is 6.10 Å². The van der Waals surface area contributed by atoms with E-state index in [1.165, 1.54) is 6.92 Å². The maximum absolute atomic E-state index is 10.8. The number of anilines is 1. The lowest BCUT2D eigenvalue weighted by Crippen LogP contribution is -2.33. The summed E-state index contributed by atoms with van der Waals surface area (Å²) in [6, 6.07) is 6.78. The summed E-state index contributed by atoms with van der Waals surface area (Å²) in [6.07, 6.45) is -0.679. The zero-order chi connectivity index (χ0) is 13.0. The summed E-state index contributed by atoms with van der Waals surface area (Å²) in [5.41, 5.74) is 7.37. The number of rotatable bonds is 4. The highest BCUT2D eigenvalue weighted by Gasteiger charge is 2.19. The molecule has 4 nitrogen and oxygen atoms in total. The van der Waals surface area contributed by atoms with E-state index in [1.54, 1.807) is 24.3 Å². The van der Waals surface area contributed by atoms with Crippen LogP contribution in [-0.4, -0.2) is 17.1 Å². The van der Waals surface area contributed by atoms with E-state index in [4.69, 9.17) is 5.73 Å². The lowest BCUT2D eigenvalue weighted by molar-refractivity contribution is -0.114. The average molecular weight is 236 g/mol. The van der Waals surface area contributed by atoms with Crippen LogP contribution in [0.1, 0.15) is 32.4 Å². The van der Waals surface area contributed by atoms with Gasteiger partial charge in [-0.05, 0) is 23.6 Å². The normalized spacial score (nSPS) is 14.5. The first kappa shape index (κ1) is 13.7. The largest absolute Gasteiger partial charge is 0.387 e. The van der Waals surface area contributed by atoms with E-state index in [0.29, 0.717) is 5.69 Å². The minimum absolute atomic E-state index is 0.114. The van der Waals surface area contributed by atoms with Crippen molar-refractivity contribution in [1.29, 1.82) is 0 Å². The van der Waals surface area contributed by atoms with Crippen LogP contribution in [0.2, 0.25) is 0 Å². The van der Waals surface area contributed by atoms with E-state index in [2.05, 4.69) is 5.32 Å². The zero-order valence-electron chi connectivity index (χ0n) is 10.5. The number of carbonyl (C=O) groups is 1. The second kappa shape index (κ2) is 5.80. The number of hydrogen-bond donors (Lipinski definition) is 3. The summed E-state index contributed by atoms with van der Waals surface area (Å²) >= 11 is 0. The standard InChI is InChI=1S/C13H20N2O2/c1-8(2)12(14)13(17)10-4-6-11(7-5-10)15-9(3)16/h4-8,12-13,17H,14H2,1-3H3,(H,15,16). The minimum atomic E-state index is -0.679. The van der Waals surface area contributed by atoms with Gasteiger partial charge in [-0.2, -0.15) is 0 Å². The molecule has 4 N–H and O–H groups in total. The van der Waals surface area contributed by atoms with Crippen LogP contribution in [0.4, 0.5) is 5.69 Å². The zero-order valence-corrected chi connectivity index (χ0v) is 10.5. The fourth-order valence-corrected chi connectivity index (χ4v) is 1.55. The van der Waals surface area contributed by atoms with Gasteiger partial charge in [0, 0.05) is 18.7 Å². The van der Waals surface area contributed by atoms with E-state index in [9.17, 15) is 9.90 Å². The molecule has 0 aliphatic heterocycles. The van der Waals surface area contributed by atoms with Gasteiger partial charge in [-0.3, -0.25) is 4.79 Å². The SMILES string of the molecule is CC(=O)Nc1ccc(C(O)C(N)C(C)C)cc1. The first-order valence-electron chi connectivity index (χ1n) is 5.73. The van der Waals surface area contributed by atoms with E-state index in [0.717, 1.165) is 5.56 Å². The van der Waals surface area contributed by atoms with Crippen molar-refractivity contribution in [3.63, 3.8) is 0 Å². The third-order valence-corrected chi connectivity index (χ3v) is 2.71. The maximum atomic E-state index is 10.8. The molecular formula is C13H20N2O2. The average Bonchev–Trinajstić information content (AvgIpc) is 2.27. The Labute approximate surface area is 102 Å². The molecule has 0 fully saturated rings. The molecule has 4 heteroatoms. The Morgan fingerprint density at radius 3 is 2.24 bits per heavy atom. The Morgan fingerprint density at radius 2 is 1.82 bits per heavy atom. The fourth-order valence-electron chi connectivity index (χ4n) is 1.55. The van der Waals surface area contributed by atoms with E-state index in [1.807, 2.05) is 13.8 Å². The maximum Gasteiger partial charge on any atom is 0.221 e. The molecule has 0 radical (unpaired) electrons. The first-order chi connectivity index (χ1) is 7.91. The van der Waals surface area contributed by atoms with Crippen LogP contribution in [0.15, 0.2) is 24.3 Å². The second-order valence-electron chi connectivity index (χ2n) is 4.57. The molecule has 0 heterocycles. The number of nitrogens with one attached hydrogen (secondary N) is 1. The number of carbonyl (C=O) groups excluding carboxylic acids is 1. The molecule has 1 aromatic rings. The van der Waals surface area contributed by atoms with Gasteiger partial charge in [0.1, 0.15) is 0 Å². The van der Waals surface area contributed by atoms with Crippen molar-refractivity contribution in [2.24, 2.45) is 11.7 Å². The molecule has 1 rings (SSSR count). The highest BCUT2D eigenvalue weighted by molar-refractivity contribution is 5.88. The molecule has 0 aliphatic rings. The number of nitrogens with two attached hydrogens (primary N) is 1. The Bertz CT molecular complexity index is 374. The molecular weight excluding hydrogens is 216 g/mol. The lowest BCUT2D eigenvalue weighted by Gasteiger charge is -2.22. The van der Waals surface area contributed by atoms with Crippen molar-refractivity contribution in [3.8, 4) is 0 Å². The summed E-state index contributed by atoms with van der Waals surface area (Å²) in [5.74, 6) is 0.0946. The Hall–Kier alpha value is -1.39. The van der Waals surface area contributed by atoms with Crippen LogP contribution in [0.3, 0.4) is 0 Å². The Balaban J connectivity index is 2.76. The first-order valence-corrected chi connectivity index (χ1v) is 5.73. The summed E-state index contributed by atoms with van der Waals surface area (Å²) in [5, 5.41) is 12.7. The van der Waals surface area contributed by atoms with Crippen LogP contribution in [-0.2, 0) is 4.79 Å². The van der Waals surface area contributed by atoms with Crippen molar-refractivity contribution in [2.45, 2.75) is 32.9 Å². The van der Waals surface area contributed by atoms with Gasteiger partial charge in [0.15, 0.2) is 0 Å². The molecule has 94 valence electrons. The molecule has 0 spiro atoms. The summed E-state index contributed by atoms with van der Waals surface area (Å²) in [4.78, 5) is 10.8. The predicted octanol–water partition coefficient (Wildman–Crippen LogP) is 1.66. The van der Waals surface area contributed by atoms with E-state index in [-0.39, 0.29) is 17.9 Å². The summed E-state index contributed by atoms with van der Waals surface area (Å²) < 4.78 is 0. The number of benzene rings is 1. The van der Waals surface area contributed by atoms with Gasteiger partial charge in [0.25, 0.3) is 0 Å². The second-order valence-corrected chi connectivity index (χ2v) is 4.57. The number of aliphatic hydroxyl groups excluding tert-OH is 1. The number of hydrogen-bond acceptors (Lipinski definition) is 3. The fraction of sp³-hybridized carbons (Fsp3) is 0.462. The third-order valence-electron chi connectivity index (χ3n) is 2.71. The third kappa shape index (κ3) is 3.84. The molecule has 17 heavy (non-hydrogen) atoms. The molecule has 2 unspecified atom stereocenters. The van der Waals surface area contributed by atoms with Crippen molar-refractivity contribution >= 4 is 11.6 Å². The van der Waals surface area contributed by atoms with E-state index >= 15 is 0 Å². The molecule has 2 atom stereocenters. The van der Waals surface area contributed by atoms with Crippen molar-refractivity contribution < 1.29 is 9.90 Å². The molecule has 0 saturated heterocycles. The molecule has 0 saturated carbocycles. The Morgan fingerprint density at radius 1 is 1.29 bits per heavy atom. The van der Waals surface area contributed by atoms with Gasteiger partial charge in [-0.25, -0.2) is 0 Å². The minimum Gasteiger partial charge on any atom is -0.387 e. The van der Waals surface area contributed by atoms with Gasteiger partial charge < -0.3 is 16.2 Å². The molecule has 1 aromatic carbocycles. The van der Waals surface area contributed by atoms with Crippen LogP contribution in [0, 0.1) is 5.92 Å². The summed E-state index contributed by atoms with van der Waals surface area (Å²) in [6.45, 7) is 5.40. The highest BCUT2D eigenvalue weighted by atomic mass is 16.3. The van der Waals surface area contributed by atoms with Crippen LogP contribution < -0.4 is 11.1 Å². The van der Waals surface area contributed by atoms with Crippen molar-refractivity contribution in [1.82, 2.24) is 0 Å². The van der Waals surface area contributed by atoms with Gasteiger partial charge in [0.05, 0.1) is 6.10 Å². The number of aliphatic hydroxyl groups is 1. The van der Waals surface area contributed by atoms with Gasteiger partial charge in [0.2, 0.25) is 5.91 Å². The smallest absolute Gasteiger partial charge is 0.221 e. The molecule has 1 amide bonds. The van der Waals surface area contributed by atoms with Crippen LogP contribution >= 0.6 is 0 Å². The predicted molar refractivity (Wildman–Crippen MR) is 68.5 cm³/mol. The van der Waals surface area contributed by atoms with Gasteiger partial charge >= 0.3 is 0 Å². The summed E-state index contributed by atoms with van der Waals surface area (Å²) in [7, 11) is 0.